The quantitative estimate of drug-likeness (QED) is 0.475. The van der Waals surface area contributed by atoms with E-state index in [-0.39, 0.29) is 5.97 Å². The maximum atomic E-state index is 11.3. The van der Waals surface area contributed by atoms with Crippen LogP contribution in [0.4, 0.5) is 0 Å². The first kappa shape index (κ1) is 11.8. The molecule has 1 aromatic rings. The van der Waals surface area contributed by atoms with Gasteiger partial charge in [-0.1, -0.05) is 23.9 Å². The van der Waals surface area contributed by atoms with E-state index in [9.17, 15) is 4.79 Å². The Bertz CT molecular complexity index is 360. The smallest absolute Gasteiger partial charge is 0.356 e. The molecule has 0 fully saturated rings. The van der Waals surface area contributed by atoms with Crippen LogP contribution in [-0.4, -0.2) is 28.3 Å². The fourth-order valence-electron chi connectivity index (χ4n) is 0.880. The zero-order valence-electron chi connectivity index (χ0n) is 8.87. The molecule has 0 aromatic carbocycles. The van der Waals surface area contributed by atoms with Gasteiger partial charge in [0.05, 0.1) is 12.8 Å². The van der Waals surface area contributed by atoms with Gasteiger partial charge in [-0.05, 0) is 13.8 Å². The average Bonchev–Trinajstić information content (AvgIpc) is 2.63. The number of rotatable bonds is 5. The highest BCUT2D eigenvalue weighted by molar-refractivity contribution is 7.99. The minimum atomic E-state index is -0.368. The first-order valence-corrected chi connectivity index (χ1v) is 5.61. The van der Waals surface area contributed by atoms with Crippen LogP contribution in [0.25, 0.3) is 0 Å². The first-order chi connectivity index (χ1) is 7.13. The van der Waals surface area contributed by atoms with Crippen molar-refractivity contribution in [1.29, 1.82) is 0 Å². The second kappa shape index (κ2) is 5.60. The number of esters is 1. The van der Waals surface area contributed by atoms with E-state index in [4.69, 9.17) is 4.74 Å². The molecule has 0 bridgehead atoms. The summed E-state index contributed by atoms with van der Waals surface area (Å²) in [5.74, 6) is 0.419. The summed E-state index contributed by atoms with van der Waals surface area (Å²) in [7, 11) is 0. The van der Waals surface area contributed by atoms with E-state index < -0.39 is 0 Å². The van der Waals surface area contributed by atoms with Crippen LogP contribution in [0.1, 0.15) is 24.3 Å². The lowest BCUT2D eigenvalue weighted by atomic mass is 10.4. The van der Waals surface area contributed by atoms with Gasteiger partial charge in [-0.25, -0.2) is 9.78 Å². The summed E-state index contributed by atoms with van der Waals surface area (Å²) in [6, 6.07) is 0. The Hall–Kier alpha value is -1.23. The van der Waals surface area contributed by atoms with Gasteiger partial charge < -0.3 is 9.72 Å². The summed E-state index contributed by atoms with van der Waals surface area (Å²) < 4.78 is 4.83. The zero-order chi connectivity index (χ0) is 11.3. The third-order valence-electron chi connectivity index (χ3n) is 1.50. The molecule has 0 radical (unpaired) electrons. The molecule has 0 atom stereocenters. The number of carbonyl (C=O) groups is 1. The van der Waals surface area contributed by atoms with Crippen molar-refractivity contribution in [3.05, 3.63) is 24.0 Å². The van der Waals surface area contributed by atoms with Gasteiger partial charge in [-0.3, -0.25) is 0 Å². The van der Waals surface area contributed by atoms with Crippen molar-refractivity contribution < 1.29 is 9.53 Å². The largest absolute Gasteiger partial charge is 0.461 e. The highest BCUT2D eigenvalue weighted by Gasteiger charge is 2.10. The molecule has 0 unspecified atom stereocenters. The normalized spacial score (nSPS) is 10.0. The van der Waals surface area contributed by atoms with Crippen molar-refractivity contribution in [2.75, 3.05) is 12.4 Å². The standard InChI is InChI=1S/C10H14N2O2S/c1-4-14-9(13)8-5-11-10(12-8)15-6-7(2)3/h5H,2,4,6H2,1,3H3,(H,11,12). The molecule has 0 amide bonds. The molecule has 0 spiro atoms. The van der Waals surface area contributed by atoms with Gasteiger partial charge in [-0.2, -0.15) is 0 Å². The highest BCUT2D eigenvalue weighted by atomic mass is 32.2. The lowest BCUT2D eigenvalue weighted by molar-refractivity contribution is 0.0519. The molecule has 0 saturated carbocycles. The number of hydrogen-bond acceptors (Lipinski definition) is 4. The lowest BCUT2D eigenvalue weighted by Gasteiger charge is -1.97. The number of nitrogens with zero attached hydrogens (tertiary/aromatic N) is 1. The monoisotopic (exact) mass is 226 g/mol. The number of carbonyl (C=O) groups excluding carboxylic acids is 1. The summed E-state index contributed by atoms with van der Waals surface area (Å²) >= 11 is 1.51. The Morgan fingerprint density at radius 2 is 2.47 bits per heavy atom. The Balaban J connectivity index is 2.56. The lowest BCUT2D eigenvalue weighted by Crippen LogP contribution is -2.04. The van der Waals surface area contributed by atoms with Gasteiger partial charge >= 0.3 is 5.97 Å². The molecule has 1 heterocycles. The van der Waals surface area contributed by atoms with Gasteiger partial charge in [0.25, 0.3) is 0 Å². The second-order valence-electron chi connectivity index (χ2n) is 3.07. The van der Waals surface area contributed by atoms with Gasteiger partial charge in [0.1, 0.15) is 5.69 Å². The van der Waals surface area contributed by atoms with E-state index in [0.29, 0.717) is 17.5 Å². The molecular formula is C10H14N2O2S. The summed E-state index contributed by atoms with van der Waals surface area (Å²) in [5, 5.41) is 0.709. The second-order valence-corrected chi connectivity index (χ2v) is 4.03. The number of nitrogens with one attached hydrogen (secondary N) is 1. The first-order valence-electron chi connectivity index (χ1n) is 4.62. The maximum Gasteiger partial charge on any atom is 0.356 e. The van der Waals surface area contributed by atoms with Crippen molar-refractivity contribution in [3.63, 3.8) is 0 Å². The number of thioether (sulfide) groups is 1. The van der Waals surface area contributed by atoms with Crippen LogP contribution in [0, 0.1) is 0 Å². The van der Waals surface area contributed by atoms with Crippen molar-refractivity contribution in [2.24, 2.45) is 0 Å². The van der Waals surface area contributed by atoms with Gasteiger partial charge in [-0.15, -0.1) is 0 Å². The van der Waals surface area contributed by atoms with Crippen LogP contribution >= 0.6 is 11.8 Å². The fraction of sp³-hybridized carbons (Fsp3) is 0.400. The topological polar surface area (TPSA) is 55.0 Å². The Kier molecular flexibility index (Phi) is 4.42. The zero-order valence-corrected chi connectivity index (χ0v) is 9.69. The molecule has 0 saturated heterocycles. The van der Waals surface area contributed by atoms with E-state index >= 15 is 0 Å². The SMILES string of the molecule is C=C(C)CSc1ncc(C(=O)OCC)[nH]1. The Morgan fingerprint density at radius 1 is 1.73 bits per heavy atom. The highest BCUT2D eigenvalue weighted by Crippen LogP contribution is 2.16. The number of ether oxygens (including phenoxy) is 1. The minimum absolute atomic E-state index is 0.367. The molecular weight excluding hydrogens is 212 g/mol. The Labute approximate surface area is 93.1 Å². The molecule has 1 aromatic heterocycles. The number of H-pyrrole nitrogens is 1. The van der Waals surface area contributed by atoms with Gasteiger partial charge in [0.2, 0.25) is 0 Å². The molecule has 4 nitrogen and oxygen atoms in total. The van der Waals surface area contributed by atoms with E-state index in [1.54, 1.807) is 6.92 Å². The molecule has 1 rings (SSSR count). The maximum absolute atomic E-state index is 11.3. The predicted molar refractivity (Wildman–Crippen MR) is 60.1 cm³/mol. The summed E-state index contributed by atoms with van der Waals surface area (Å²) in [6.07, 6.45) is 1.48. The van der Waals surface area contributed by atoms with Crippen molar-refractivity contribution in [1.82, 2.24) is 9.97 Å². The summed E-state index contributed by atoms with van der Waals surface area (Å²) in [5.41, 5.74) is 1.45. The van der Waals surface area contributed by atoms with Crippen molar-refractivity contribution >= 4 is 17.7 Å². The predicted octanol–water partition coefficient (Wildman–Crippen LogP) is 2.25. The third kappa shape index (κ3) is 3.79. The van der Waals surface area contributed by atoms with Crippen molar-refractivity contribution in [2.45, 2.75) is 19.0 Å². The molecule has 0 aliphatic rings. The number of aromatic amines is 1. The average molecular weight is 226 g/mol. The van der Waals surface area contributed by atoms with Gasteiger partial charge in [0, 0.05) is 5.75 Å². The summed E-state index contributed by atoms with van der Waals surface area (Å²) in [6.45, 7) is 7.87. The molecule has 0 aliphatic carbocycles. The van der Waals surface area contributed by atoms with Crippen LogP contribution < -0.4 is 0 Å². The van der Waals surface area contributed by atoms with E-state index in [0.717, 1.165) is 11.3 Å². The van der Waals surface area contributed by atoms with Crippen LogP contribution in [-0.2, 0) is 4.74 Å². The van der Waals surface area contributed by atoms with Crippen LogP contribution in [0.3, 0.4) is 0 Å². The van der Waals surface area contributed by atoms with Crippen LogP contribution in [0.2, 0.25) is 0 Å². The molecule has 5 heteroatoms. The van der Waals surface area contributed by atoms with Gasteiger partial charge in [0.15, 0.2) is 5.16 Å². The molecule has 15 heavy (non-hydrogen) atoms. The molecule has 0 aliphatic heterocycles. The number of aromatic nitrogens is 2. The molecule has 82 valence electrons. The molecule has 1 N–H and O–H groups in total. The third-order valence-corrected chi connectivity index (χ3v) is 2.62. The number of hydrogen-bond donors (Lipinski definition) is 1. The Morgan fingerprint density at radius 3 is 3.07 bits per heavy atom. The van der Waals surface area contributed by atoms with Crippen LogP contribution in [0.15, 0.2) is 23.5 Å². The minimum Gasteiger partial charge on any atom is -0.461 e. The van der Waals surface area contributed by atoms with E-state index in [1.165, 1.54) is 18.0 Å². The number of imidazole rings is 1. The van der Waals surface area contributed by atoms with Crippen LogP contribution in [0.5, 0.6) is 0 Å². The van der Waals surface area contributed by atoms with E-state index in [2.05, 4.69) is 16.5 Å². The van der Waals surface area contributed by atoms with E-state index in [1.807, 2.05) is 6.92 Å². The fourth-order valence-corrected chi connectivity index (χ4v) is 1.57. The van der Waals surface area contributed by atoms with Crippen molar-refractivity contribution in [3.8, 4) is 0 Å². The summed E-state index contributed by atoms with van der Waals surface area (Å²) in [4.78, 5) is 18.2.